The van der Waals surface area contributed by atoms with Crippen LogP contribution in [0.15, 0.2) is 0 Å². The molecule has 2 atom stereocenters. The largest absolute Gasteiger partial charge is 0.462 e. The molecule has 0 aromatic heterocycles. The Morgan fingerprint density at radius 1 is 1.23 bits per heavy atom. The highest BCUT2D eigenvalue weighted by atomic mass is 16.5. The maximum absolute atomic E-state index is 11.1. The summed E-state index contributed by atoms with van der Waals surface area (Å²) in [4.78, 5) is 11.1. The van der Waals surface area contributed by atoms with Crippen molar-refractivity contribution in [2.24, 2.45) is 11.8 Å². The van der Waals surface area contributed by atoms with E-state index in [0.29, 0.717) is 12.3 Å². The van der Waals surface area contributed by atoms with Crippen LogP contribution >= 0.6 is 0 Å². The maximum Gasteiger partial charge on any atom is 0.306 e. The molecule has 13 heavy (non-hydrogen) atoms. The molecule has 1 aliphatic carbocycles. The molecule has 2 rings (SSSR count). The van der Waals surface area contributed by atoms with Crippen molar-refractivity contribution in [3.63, 3.8) is 0 Å². The lowest BCUT2D eigenvalue weighted by Gasteiger charge is -2.28. The van der Waals surface area contributed by atoms with Gasteiger partial charge in [-0.15, -0.1) is 0 Å². The van der Waals surface area contributed by atoms with Crippen molar-refractivity contribution in [3.05, 3.63) is 0 Å². The normalized spacial score (nSPS) is 36.2. The first-order valence-electron chi connectivity index (χ1n) is 5.47. The third-order valence-electron chi connectivity index (χ3n) is 3.58. The van der Waals surface area contributed by atoms with Crippen molar-refractivity contribution in [1.29, 1.82) is 0 Å². The van der Waals surface area contributed by atoms with E-state index in [9.17, 15) is 4.79 Å². The van der Waals surface area contributed by atoms with Crippen LogP contribution in [0, 0.1) is 11.8 Å². The number of ether oxygens (including phenoxy) is 1. The van der Waals surface area contributed by atoms with Crippen LogP contribution in [0.2, 0.25) is 0 Å². The Labute approximate surface area is 79.7 Å². The van der Waals surface area contributed by atoms with Crippen LogP contribution in [0.3, 0.4) is 0 Å². The predicted molar refractivity (Wildman–Crippen MR) is 50.2 cm³/mol. The molecule has 0 N–H and O–H groups in total. The van der Waals surface area contributed by atoms with Crippen molar-refractivity contribution >= 4 is 5.97 Å². The summed E-state index contributed by atoms with van der Waals surface area (Å²) in [6, 6.07) is 0. The van der Waals surface area contributed by atoms with Crippen LogP contribution in [0.1, 0.15) is 45.4 Å². The Morgan fingerprint density at radius 3 is 2.46 bits per heavy atom. The van der Waals surface area contributed by atoms with Gasteiger partial charge >= 0.3 is 5.97 Å². The fraction of sp³-hybridized carbons (Fsp3) is 0.909. The van der Waals surface area contributed by atoms with Crippen LogP contribution in [0.25, 0.3) is 0 Å². The van der Waals surface area contributed by atoms with Crippen LogP contribution in [0.4, 0.5) is 0 Å². The van der Waals surface area contributed by atoms with E-state index in [1.807, 2.05) is 6.92 Å². The minimum absolute atomic E-state index is 0.0167. The third kappa shape index (κ3) is 1.87. The lowest BCUT2D eigenvalue weighted by atomic mass is 9.77. The zero-order valence-electron chi connectivity index (χ0n) is 8.29. The number of rotatable bonds is 1. The second-order valence-electron chi connectivity index (χ2n) is 4.46. The van der Waals surface area contributed by atoms with Gasteiger partial charge < -0.3 is 4.74 Å². The molecule has 0 radical (unpaired) electrons. The summed E-state index contributed by atoms with van der Waals surface area (Å²) < 4.78 is 5.19. The highest BCUT2D eigenvalue weighted by Crippen LogP contribution is 2.37. The molecule has 2 fully saturated rings. The Hall–Kier alpha value is -0.530. The van der Waals surface area contributed by atoms with Gasteiger partial charge in [0.15, 0.2) is 0 Å². The van der Waals surface area contributed by atoms with Gasteiger partial charge in [0.25, 0.3) is 0 Å². The number of hydrogen-bond acceptors (Lipinski definition) is 2. The smallest absolute Gasteiger partial charge is 0.306 e. The van der Waals surface area contributed by atoms with Gasteiger partial charge in [0.1, 0.15) is 6.10 Å². The van der Waals surface area contributed by atoms with Gasteiger partial charge in [-0.25, -0.2) is 0 Å². The summed E-state index contributed by atoms with van der Waals surface area (Å²) in [5.74, 6) is 1.30. The van der Waals surface area contributed by atoms with Gasteiger partial charge in [-0.1, -0.05) is 32.1 Å². The molecule has 0 spiro atoms. The lowest BCUT2D eigenvalue weighted by molar-refractivity contribution is -0.140. The van der Waals surface area contributed by atoms with Gasteiger partial charge in [0, 0.05) is 5.92 Å². The first-order valence-corrected chi connectivity index (χ1v) is 5.47. The van der Waals surface area contributed by atoms with Crippen LogP contribution in [-0.4, -0.2) is 12.1 Å². The zero-order chi connectivity index (χ0) is 9.26. The third-order valence-corrected chi connectivity index (χ3v) is 3.58. The van der Waals surface area contributed by atoms with Crippen molar-refractivity contribution in [2.45, 2.75) is 51.6 Å². The van der Waals surface area contributed by atoms with E-state index in [0.717, 1.165) is 5.92 Å². The number of carbonyl (C=O) groups excluding carboxylic acids is 1. The molecule has 2 heteroatoms. The molecule has 0 bridgehead atoms. The summed E-state index contributed by atoms with van der Waals surface area (Å²) >= 11 is 0. The molecule has 74 valence electrons. The summed E-state index contributed by atoms with van der Waals surface area (Å²) in [5, 5.41) is 0. The van der Waals surface area contributed by atoms with E-state index in [2.05, 4.69) is 0 Å². The van der Waals surface area contributed by atoms with Crippen molar-refractivity contribution in [1.82, 2.24) is 0 Å². The predicted octanol–water partition coefficient (Wildman–Crippen LogP) is 2.52. The molecule has 2 nitrogen and oxygen atoms in total. The van der Waals surface area contributed by atoms with Crippen molar-refractivity contribution < 1.29 is 9.53 Å². The highest BCUT2D eigenvalue weighted by Gasteiger charge is 2.37. The topological polar surface area (TPSA) is 26.3 Å². The molecule has 1 heterocycles. The van der Waals surface area contributed by atoms with Gasteiger partial charge in [-0.05, 0) is 12.8 Å². The molecule has 0 aromatic carbocycles. The molecular formula is C11H18O2. The van der Waals surface area contributed by atoms with Crippen LogP contribution in [0.5, 0.6) is 0 Å². The molecule has 1 saturated heterocycles. The Morgan fingerprint density at radius 2 is 1.92 bits per heavy atom. The Bertz CT molecular complexity index is 194. The average Bonchev–Trinajstić information content (AvgIpc) is 2.47. The molecule has 1 saturated carbocycles. The number of hydrogen-bond donors (Lipinski definition) is 0. The second-order valence-corrected chi connectivity index (χ2v) is 4.46. The minimum atomic E-state index is 0.0167. The molecule has 0 aromatic rings. The molecule has 1 aliphatic heterocycles. The van der Waals surface area contributed by atoms with E-state index in [4.69, 9.17) is 4.74 Å². The van der Waals surface area contributed by atoms with Gasteiger partial charge in [0.2, 0.25) is 0 Å². The van der Waals surface area contributed by atoms with Crippen LogP contribution in [-0.2, 0) is 9.53 Å². The summed E-state index contributed by atoms with van der Waals surface area (Å²) in [6.45, 7) is 2.05. The number of cyclic esters (lactones) is 1. The van der Waals surface area contributed by atoms with E-state index >= 15 is 0 Å². The van der Waals surface area contributed by atoms with Crippen LogP contribution < -0.4 is 0 Å². The SMILES string of the molecule is C[C@H]1OC(=O)C[C@@H]1C1CCCCC1. The average molecular weight is 182 g/mol. The van der Waals surface area contributed by atoms with Crippen molar-refractivity contribution in [3.8, 4) is 0 Å². The lowest BCUT2D eigenvalue weighted by Crippen LogP contribution is -2.23. The fourth-order valence-electron chi connectivity index (χ4n) is 2.81. The summed E-state index contributed by atoms with van der Waals surface area (Å²) in [5.41, 5.74) is 0. The quantitative estimate of drug-likeness (QED) is 0.582. The van der Waals surface area contributed by atoms with Gasteiger partial charge in [-0.2, -0.15) is 0 Å². The Kier molecular flexibility index (Phi) is 2.56. The molecule has 2 aliphatic rings. The number of esters is 1. The van der Waals surface area contributed by atoms with Gasteiger partial charge in [-0.3, -0.25) is 4.79 Å². The maximum atomic E-state index is 11.1. The van der Waals surface area contributed by atoms with E-state index in [1.54, 1.807) is 0 Å². The monoisotopic (exact) mass is 182 g/mol. The second kappa shape index (κ2) is 3.69. The molecule has 0 unspecified atom stereocenters. The van der Waals surface area contributed by atoms with E-state index < -0.39 is 0 Å². The molecular weight excluding hydrogens is 164 g/mol. The Balaban J connectivity index is 1.95. The summed E-state index contributed by atoms with van der Waals surface area (Å²) in [6.07, 6.45) is 7.55. The molecule has 0 amide bonds. The first kappa shape index (κ1) is 9.04. The first-order chi connectivity index (χ1) is 6.27. The zero-order valence-corrected chi connectivity index (χ0v) is 8.29. The number of carbonyl (C=O) groups is 1. The van der Waals surface area contributed by atoms with E-state index in [1.165, 1.54) is 32.1 Å². The highest BCUT2D eigenvalue weighted by molar-refractivity contribution is 5.72. The minimum Gasteiger partial charge on any atom is -0.462 e. The standard InChI is InChI=1S/C11H18O2/c1-8-10(7-11(12)13-8)9-5-3-2-4-6-9/h8-10H,2-7H2,1H3/t8-,10+/m1/s1. The fourth-order valence-corrected chi connectivity index (χ4v) is 2.81. The summed E-state index contributed by atoms with van der Waals surface area (Å²) in [7, 11) is 0. The van der Waals surface area contributed by atoms with Gasteiger partial charge in [0.05, 0.1) is 6.42 Å². The van der Waals surface area contributed by atoms with E-state index in [-0.39, 0.29) is 12.1 Å². The van der Waals surface area contributed by atoms with Crippen molar-refractivity contribution in [2.75, 3.05) is 0 Å².